The third kappa shape index (κ3) is 4.30. The summed E-state index contributed by atoms with van der Waals surface area (Å²) in [5.74, 6) is 0. The molecule has 0 aliphatic carbocycles. The smallest absolute Gasteiger partial charge is 0.0535 e. The van der Waals surface area contributed by atoms with Gasteiger partial charge in [-0.2, -0.15) is 5.10 Å². The summed E-state index contributed by atoms with van der Waals surface area (Å²) in [6.07, 6.45) is 4.05. The molecule has 0 saturated carbocycles. The molecule has 2 aromatic carbocycles. The lowest BCUT2D eigenvalue weighted by Gasteiger charge is -2.19. The van der Waals surface area contributed by atoms with Crippen LogP contribution in [0.15, 0.2) is 66.9 Å². The van der Waals surface area contributed by atoms with Gasteiger partial charge in [-0.3, -0.25) is 5.10 Å². The molecule has 3 rings (SSSR count). The van der Waals surface area contributed by atoms with E-state index in [0.717, 1.165) is 25.1 Å². The summed E-state index contributed by atoms with van der Waals surface area (Å²) < 4.78 is 0. The normalized spacial score (nSPS) is 12.2. The summed E-state index contributed by atoms with van der Waals surface area (Å²) in [6.45, 7) is 2.89. The van der Waals surface area contributed by atoms with E-state index < -0.39 is 0 Å². The van der Waals surface area contributed by atoms with E-state index in [1.807, 2.05) is 6.20 Å². The van der Waals surface area contributed by atoms with Gasteiger partial charge in [0, 0.05) is 23.8 Å². The third-order valence-electron chi connectivity index (χ3n) is 4.24. The van der Waals surface area contributed by atoms with Gasteiger partial charge in [0.2, 0.25) is 0 Å². The van der Waals surface area contributed by atoms with E-state index in [4.69, 9.17) is 0 Å². The first-order chi connectivity index (χ1) is 11.3. The monoisotopic (exact) mass is 305 g/mol. The molecule has 1 unspecified atom stereocenters. The Morgan fingerprint density at radius 2 is 1.70 bits per heavy atom. The van der Waals surface area contributed by atoms with Crippen LogP contribution in [0, 0.1) is 6.92 Å². The van der Waals surface area contributed by atoms with Gasteiger partial charge < -0.3 is 5.32 Å². The van der Waals surface area contributed by atoms with E-state index in [0.29, 0.717) is 6.04 Å². The molecule has 3 heteroatoms. The molecule has 2 N–H and O–H groups in total. The SMILES string of the molecule is Cc1[nH]ncc1CNC(CCc1ccccc1)c1ccccc1. The van der Waals surface area contributed by atoms with E-state index in [1.54, 1.807) is 0 Å². The van der Waals surface area contributed by atoms with Gasteiger partial charge in [0.05, 0.1) is 6.20 Å². The van der Waals surface area contributed by atoms with Crippen LogP contribution in [-0.2, 0) is 13.0 Å². The zero-order chi connectivity index (χ0) is 15.9. The van der Waals surface area contributed by atoms with E-state index >= 15 is 0 Å². The first-order valence-corrected chi connectivity index (χ1v) is 8.14. The van der Waals surface area contributed by atoms with Crippen LogP contribution in [0.1, 0.15) is 34.8 Å². The van der Waals surface area contributed by atoms with Gasteiger partial charge in [-0.1, -0.05) is 60.7 Å². The van der Waals surface area contributed by atoms with Crippen LogP contribution in [-0.4, -0.2) is 10.2 Å². The van der Waals surface area contributed by atoms with E-state index in [2.05, 4.69) is 83.1 Å². The summed E-state index contributed by atoms with van der Waals surface area (Å²) in [5, 5.41) is 10.8. The maximum Gasteiger partial charge on any atom is 0.0535 e. The predicted molar refractivity (Wildman–Crippen MR) is 94.1 cm³/mol. The summed E-state index contributed by atoms with van der Waals surface area (Å²) in [7, 11) is 0. The van der Waals surface area contributed by atoms with Crippen LogP contribution in [0.25, 0.3) is 0 Å². The van der Waals surface area contributed by atoms with Crippen molar-refractivity contribution in [3.05, 3.63) is 89.2 Å². The number of aromatic amines is 1. The van der Waals surface area contributed by atoms with Crippen molar-refractivity contribution in [3.8, 4) is 0 Å². The highest BCUT2D eigenvalue weighted by molar-refractivity contribution is 5.21. The van der Waals surface area contributed by atoms with Crippen LogP contribution in [0.2, 0.25) is 0 Å². The minimum Gasteiger partial charge on any atom is -0.306 e. The van der Waals surface area contributed by atoms with Crippen LogP contribution in [0.5, 0.6) is 0 Å². The molecule has 0 aliphatic heterocycles. The van der Waals surface area contributed by atoms with E-state index in [1.165, 1.54) is 16.7 Å². The topological polar surface area (TPSA) is 40.7 Å². The van der Waals surface area contributed by atoms with Crippen molar-refractivity contribution >= 4 is 0 Å². The van der Waals surface area contributed by atoms with Crippen LogP contribution in [0.4, 0.5) is 0 Å². The Morgan fingerprint density at radius 1 is 1.00 bits per heavy atom. The number of rotatable bonds is 7. The first-order valence-electron chi connectivity index (χ1n) is 8.14. The maximum atomic E-state index is 4.10. The molecule has 3 aromatic rings. The van der Waals surface area contributed by atoms with Crippen molar-refractivity contribution in [2.24, 2.45) is 0 Å². The zero-order valence-corrected chi connectivity index (χ0v) is 13.5. The van der Waals surface area contributed by atoms with Crippen molar-refractivity contribution in [1.29, 1.82) is 0 Å². The Kier molecular flexibility index (Phi) is 5.22. The Bertz CT molecular complexity index is 704. The fourth-order valence-corrected chi connectivity index (χ4v) is 2.81. The van der Waals surface area contributed by atoms with Crippen molar-refractivity contribution in [1.82, 2.24) is 15.5 Å². The lowest BCUT2D eigenvalue weighted by Crippen LogP contribution is -2.21. The molecule has 3 nitrogen and oxygen atoms in total. The Labute approximate surface area is 137 Å². The standard InChI is InChI=1S/C20H23N3/c1-16-19(15-22-23-16)14-21-20(18-10-6-3-7-11-18)13-12-17-8-4-2-5-9-17/h2-11,15,20-21H,12-14H2,1H3,(H,22,23). The summed E-state index contributed by atoms with van der Waals surface area (Å²) in [5.41, 5.74) is 5.08. The zero-order valence-electron chi connectivity index (χ0n) is 13.5. The fraction of sp³-hybridized carbons (Fsp3) is 0.250. The largest absolute Gasteiger partial charge is 0.306 e. The first kappa shape index (κ1) is 15.5. The molecule has 1 aromatic heterocycles. The number of hydrogen-bond acceptors (Lipinski definition) is 2. The number of aromatic nitrogens is 2. The van der Waals surface area contributed by atoms with Gasteiger partial charge in [0.1, 0.15) is 0 Å². The molecule has 1 atom stereocenters. The highest BCUT2D eigenvalue weighted by atomic mass is 15.1. The molecule has 23 heavy (non-hydrogen) atoms. The van der Waals surface area contributed by atoms with Gasteiger partial charge in [-0.15, -0.1) is 0 Å². The predicted octanol–water partition coefficient (Wildman–Crippen LogP) is 4.18. The quantitative estimate of drug-likeness (QED) is 0.687. The number of benzene rings is 2. The Balaban J connectivity index is 1.68. The lowest BCUT2D eigenvalue weighted by molar-refractivity contribution is 0.498. The molecule has 0 radical (unpaired) electrons. The Hall–Kier alpha value is -2.39. The van der Waals surface area contributed by atoms with Gasteiger partial charge in [0.15, 0.2) is 0 Å². The molecular formula is C20H23N3. The van der Waals surface area contributed by atoms with Gasteiger partial charge in [-0.25, -0.2) is 0 Å². The molecule has 0 spiro atoms. The number of aryl methyl sites for hydroxylation is 2. The number of H-pyrrole nitrogens is 1. The summed E-state index contributed by atoms with van der Waals surface area (Å²) in [6, 6.07) is 21.7. The highest BCUT2D eigenvalue weighted by Crippen LogP contribution is 2.20. The van der Waals surface area contributed by atoms with Gasteiger partial charge in [-0.05, 0) is 30.9 Å². The van der Waals surface area contributed by atoms with E-state index in [-0.39, 0.29) is 0 Å². The number of hydrogen-bond donors (Lipinski definition) is 2. The molecule has 118 valence electrons. The van der Waals surface area contributed by atoms with Crippen molar-refractivity contribution < 1.29 is 0 Å². The van der Waals surface area contributed by atoms with Crippen molar-refractivity contribution in [3.63, 3.8) is 0 Å². The fourth-order valence-electron chi connectivity index (χ4n) is 2.81. The Morgan fingerprint density at radius 3 is 2.35 bits per heavy atom. The molecule has 0 aliphatic rings. The minimum atomic E-state index is 0.339. The molecule has 0 amide bonds. The lowest BCUT2D eigenvalue weighted by atomic mass is 9.98. The average Bonchev–Trinajstić information content (AvgIpc) is 3.02. The summed E-state index contributed by atoms with van der Waals surface area (Å²) >= 11 is 0. The van der Waals surface area contributed by atoms with Crippen LogP contribution in [0.3, 0.4) is 0 Å². The van der Waals surface area contributed by atoms with E-state index in [9.17, 15) is 0 Å². The molecule has 0 bridgehead atoms. The van der Waals surface area contributed by atoms with Crippen LogP contribution < -0.4 is 5.32 Å². The highest BCUT2D eigenvalue weighted by Gasteiger charge is 2.12. The van der Waals surface area contributed by atoms with Crippen molar-refractivity contribution in [2.45, 2.75) is 32.4 Å². The molecule has 0 fully saturated rings. The molecule has 1 heterocycles. The van der Waals surface area contributed by atoms with Crippen molar-refractivity contribution in [2.75, 3.05) is 0 Å². The number of nitrogens with zero attached hydrogens (tertiary/aromatic N) is 1. The number of nitrogens with one attached hydrogen (secondary N) is 2. The third-order valence-corrected chi connectivity index (χ3v) is 4.24. The van der Waals surface area contributed by atoms with Crippen LogP contribution >= 0.6 is 0 Å². The second-order valence-corrected chi connectivity index (χ2v) is 5.89. The van der Waals surface area contributed by atoms with Gasteiger partial charge >= 0.3 is 0 Å². The minimum absolute atomic E-state index is 0.339. The second kappa shape index (κ2) is 7.75. The molecular weight excluding hydrogens is 282 g/mol. The average molecular weight is 305 g/mol. The second-order valence-electron chi connectivity index (χ2n) is 5.89. The maximum absolute atomic E-state index is 4.10. The van der Waals surface area contributed by atoms with Gasteiger partial charge in [0.25, 0.3) is 0 Å². The molecule has 0 saturated heterocycles. The summed E-state index contributed by atoms with van der Waals surface area (Å²) in [4.78, 5) is 0.